The number of phenols is 1. The number of allylic oxidation sites excluding steroid dienone is 3. The molecule has 4 heteroatoms. The predicted molar refractivity (Wildman–Crippen MR) is 80.4 cm³/mol. The van der Waals surface area contributed by atoms with Crippen molar-refractivity contribution in [2.24, 2.45) is 11.7 Å². The van der Waals surface area contributed by atoms with Gasteiger partial charge in [0.25, 0.3) is 5.91 Å². The summed E-state index contributed by atoms with van der Waals surface area (Å²) >= 11 is 0. The lowest BCUT2D eigenvalue weighted by Gasteiger charge is -2.37. The Morgan fingerprint density at radius 3 is 2.86 bits per heavy atom. The first-order valence-corrected chi connectivity index (χ1v) is 7.10. The van der Waals surface area contributed by atoms with Crippen molar-refractivity contribution in [2.75, 3.05) is 0 Å². The molecule has 2 unspecified atom stereocenters. The number of aryl methyl sites for hydroxylation is 1. The maximum absolute atomic E-state index is 11.6. The van der Waals surface area contributed by atoms with E-state index in [1.54, 1.807) is 13.0 Å². The molecule has 3 N–H and O–H groups in total. The van der Waals surface area contributed by atoms with Crippen LogP contribution in [-0.2, 0) is 0 Å². The quantitative estimate of drug-likeness (QED) is 0.778. The molecule has 0 radical (unpaired) electrons. The topological polar surface area (TPSA) is 72.5 Å². The summed E-state index contributed by atoms with van der Waals surface area (Å²) in [5.74, 6) is 0.759. The second-order valence-corrected chi connectivity index (χ2v) is 5.95. The number of amides is 1. The highest BCUT2D eigenvalue weighted by Crippen LogP contribution is 2.52. The predicted octanol–water partition coefficient (Wildman–Crippen LogP) is 3.15. The standard InChI is InChI=1S/C17H19NO3/c1-8-4-5-11-10(3)21-13-7-9(2)14(17(18)20)16(19)15(13)12(11)6-8/h6-7,11-12,19H,3-5H2,1-2H3,(H2,18,20). The zero-order valence-corrected chi connectivity index (χ0v) is 12.3. The van der Waals surface area contributed by atoms with Crippen LogP contribution in [0.2, 0.25) is 0 Å². The number of hydrogen-bond acceptors (Lipinski definition) is 3. The van der Waals surface area contributed by atoms with E-state index in [1.165, 1.54) is 5.57 Å². The summed E-state index contributed by atoms with van der Waals surface area (Å²) < 4.78 is 5.80. The maximum atomic E-state index is 11.6. The molecule has 0 bridgehead atoms. The van der Waals surface area contributed by atoms with Gasteiger partial charge in [-0.1, -0.05) is 18.2 Å². The molecular weight excluding hydrogens is 266 g/mol. The summed E-state index contributed by atoms with van der Waals surface area (Å²) in [6, 6.07) is 1.76. The molecule has 3 rings (SSSR count). The average Bonchev–Trinajstić information content (AvgIpc) is 2.37. The number of hydrogen-bond donors (Lipinski definition) is 2. The van der Waals surface area contributed by atoms with Crippen molar-refractivity contribution < 1.29 is 14.6 Å². The molecular formula is C17H19NO3. The van der Waals surface area contributed by atoms with Gasteiger partial charge in [0.1, 0.15) is 17.3 Å². The lowest BCUT2D eigenvalue weighted by atomic mass is 9.74. The fourth-order valence-corrected chi connectivity index (χ4v) is 3.43. The zero-order chi connectivity index (χ0) is 15.3. The number of aromatic hydroxyl groups is 1. The molecule has 1 aliphatic heterocycles. The Bertz CT molecular complexity index is 688. The molecule has 2 aliphatic rings. The van der Waals surface area contributed by atoms with E-state index in [0.29, 0.717) is 16.9 Å². The van der Waals surface area contributed by atoms with Gasteiger partial charge in [0, 0.05) is 17.4 Å². The van der Waals surface area contributed by atoms with Crippen LogP contribution in [0.4, 0.5) is 0 Å². The number of nitrogens with two attached hydrogens (primary N) is 1. The Hall–Kier alpha value is -2.23. The second-order valence-electron chi connectivity index (χ2n) is 5.95. The van der Waals surface area contributed by atoms with Crippen molar-refractivity contribution >= 4 is 5.91 Å². The number of rotatable bonds is 1. The third kappa shape index (κ3) is 2.02. The van der Waals surface area contributed by atoms with Crippen molar-refractivity contribution in [3.63, 3.8) is 0 Å². The molecule has 0 saturated carbocycles. The van der Waals surface area contributed by atoms with Crippen molar-refractivity contribution in [2.45, 2.75) is 32.6 Å². The number of benzene rings is 1. The molecule has 2 atom stereocenters. The first-order valence-electron chi connectivity index (χ1n) is 7.10. The highest BCUT2D eigenvalue weighted by Gasteiger charge is 2.38. The van der Waals surface area contributed by atoms with Crippen LogP contribution >= 0.6 is 0 Å². The van der Waals surface area contributed by atoms with Gasteiger partial charge in [-0.3, -0.25) is 4.79 Å². The van der Waals surface area contributed by atoms with Crippen LogP contribution < -0.4 is 10.5 Å². The highest BCUT2D eigenvalue weighted by molar-refractivity contribution is 5.98. The summed E-state index contributed by atoms with van der Waals surface area (Å²) in [7, 11) is 0. The van der Waals surface area contributed by atoms with Crippen LogP contribution in [0.15, 0.2) is 30.1 Å². The summed E-state index contributed by atoms with van der Waals surface area (Å²) in [6.07, 6.45) is 4.07. The maximum Gasteiger partial charge on any atom is 0.252 e. The van der Waals surface area contributed by atoms with Crippen LogP contribution in [0.5, 0.6) is 11.5 Å². The van der Waals surface area contributed by atoms with Crippen LogP contribution in [0.3, 0.4) is 0 Å². The number of carbonyl (C=O) groups excluding carboxylic acids is 1. The van der Waals surface area contributed by atoms with Crippen molar-refractivity contribution in [1.29, 1.82) is 0 Å². The van der Waals surface area contributed by atoms with Crippen LogP contribution in [0, 0.1) is 12.8 Å². The third-order valence-electron chi connectivity index (χ3n) is 4.48. The van der Waals surface area contributed by atoms with E-state index in [0.717, 1.165) is 18.6 Å². The normalized spacial score (nSPS) is 23.7. The van der Waals surface area contributed by atoms with Crippen LogP contribution in [-0.4, -0.2) is 11.0 Å². The molecule has 1 aromatic carbocycles. The largest absolute Gasteiger partial charge is 0.507 e. The summed E-state index contributed by atoms with van der Waals surface area (Å²) in [4.78, 5) is 11.6. The Kier molecular flexibility index (Phi) is 3.04. The Morgan fingerprint density at radius 1 is 1.48 bits per heavy atom. The van der Waals surface area contributed by atoms with Gasteiger partial charge in [0.05, 0.1) is 5.56 Å². The number of carbonyl (C=O) groups is 1. The van der Waals surface area contributed by atoms with Crippen molar-refractivity contribution in [3.8, 4) is 11.5 Å². The molecule has 1 amide bonds. The zero-order valence-electron chi connectivity index (χ0n) is 12.3. The number of fused-ring (bicyclic) bond motifs is 3. The molecule has 1 heterocycles. The Balaban J connectivity index is 2.26. The molecule has 110 valence electrons. The van der Waals surface area contributed by atoms with Crippen LogP contribution in [0.1, 0.15) is 47.2 Å². The van der Waals surface area contributed by atoms with E-state index < -0.39 is 5.91 Å². The van der Waals surface area contributed by atoms with Gasteiger partial charge >= 0.3 is 0 Å². The number of primary amides is 1. The molecule has 1 aliphatic carbocycles. The SMILES string of the molecule is C=C1Oc2cc(C)c(C(N)=O)c(O)c2C2C=C(C)CCC12. The van der Waals surface area contributed by atoms with Crippen molar-refractivity contribution in [3.05, 3.63) is 46.7 Å². The van der Waals surface area contributed by atoms with E-state index >= 15 is 0 Å². The second kappa shape index (κ2) is 4.65. The van der Waals surface area contributed by atoms with Gasteiger partial charge in [-0.2, -0.15) is 0 Å². The third-order valence-corrected chi connectivity index (χ3v) is 4.48. The van der Waals surface area contributed by atoms with Gasteiger partial charge in [0.2, 0.25) is 0 Å². The summed E-state index contributed by atoms with van der Waals surface area (Å²) in [5.41, 5.74) is 8.13. The lowest BCUT2D eigenvalue weighted by Crippen LogP contribution is -2.26. The van der Waals surface area contributed by atoms with Gasteiger partial charge in [0.15, 0.2) is 0 Å². The van der Waals surface area contributed by atoms with Crippen molar-refractivity contribution in [1.82, 2.24) is 0 Å². The smallest absolute Gasteiger partial charge is 0.252 e. The molecule has 4 nitrogen and oxygen atoms in total. The fraction of sp³-hybridized carbons (Fsp3) is 0.353. The highest BCUT2D eigenvalue weighted by atomic mass is 16.5. The molecule has 0 fully saturated rings. The Labute approximate surface area is 123 Å². The molecule has 21 heavy (non-hydrogen) atoms. The van der Waals surface area contributed by atoms with E-state index in [4.69, 9.17) is 10.5 Å². The minimum Gasteiger partial charge on any atom is -0.507 e. The van der Waals surface area contributed by atoms with Gasteiger partial charge in [-0.05, 0) is 38.3 Å². The molecule has 0 saturated heterocycles. The van der Waals surface area contributed by atoms with Gasteiger partial charge < -0.3 is 15.6 Å². The lowest BCUT2D eigenvalue weighted by molar-refractivity contribution is 0.0996. The van der Waals surface area contributed by atoms with E-state index in [2.05, 4.69) is 19.6 Å². The van der Waals surface area contributed by atoms with Gasteiger partial charge in [-0.15, -0.1) is 0 Å². The van der Waals surface area contributed by atoms with Gasteiger partial charge in [-0.25, -0.2) is 0 Å². The Morgan fingerprint density at radius 2 is 2.19 bits per heavy atom. The average molecular weight is 285 g/mol. The molecule has 0 spiro atoms. The van der Waals surface area contributed by atoms with Crippen LogP contribution in [0.25, 0.3) is 0 Å². The monoisotopic (exact) mass is 285 g/mol. The van der Waals surface area contributed by atoms with E-state index in [1.807, 2.05) is 0 Å². The molecule has 0 aromatic heterocycles. The summed E-state index contributed by atoms with van der Waals surface area (Å²) in [5, 5.41) is 10.6. The van der Waals surface area contributed by atoms with E-state index in [9.17, 15) is 9.90 Å². The first kappa shape index (κ1) is 13.7. The molecule has 1 aromatic rings. The minimum absolute atomic E-state index is 0.00583. The summed E-state index contributed by atoms with van der Waals surface area (Å²) in [6.45, 7) is 7.83. The van der Waals surface area contributed by atoms with E-state index in [-0.39, 0.29) is 23.1 Å². The first-order chi connectivity index (χ1) is 9.90. The minimum atomic E-state index is -0.620. The fourth-order valence-electron chi connectivity index (χ4n) is 3.43. The number of ether oxygens (including phenoxy) is 1.